The second kappa shape index (κ2) is 5.50. The molecule has 0 saturated carbocycles. The Labute approximate surface area is 133 Å². The molecule has 0 N–H and O–H groups in total. The SMILES string of the molecule is COc1cc(C)nc(OC)c1-c1cc2cc(Cl)ncc2n1C. The molecule has 0 fully saturated rings. The van der Waals surface area contributed by atoms with E-state index in [1.54, 1.807) is 20.4 Å². The smallest absolute Gasteiger partial charge is 0.226 e. The van der Waals surface area contributed by atoms with Crippen molar-refractivity contribution in [3.8, 4) is 22.9 Å². The number of aryl methyl sites for hydroxylation is 2. The van der Waals surface area contributed by atoms with E-state index in [9.17, 15) is 0 Å². The van der Waals surface area contributed by atoms with Gasteiger partial charge in [0.15, 0.2) is 0 Å². The minimum atomic E-state index is 0.464. The maximum absolute atomic E-state index is 5.98. The molecule has 0 aliphatic heterocycles. The maximum atomic E-state index is 5.98. The monoisotopic (exact) mass is 317 g/mol. The zero-order chi connectivity index (χ0) is 15.9. The van der Waals surface area contributed by atoms with Gasteiger partial charge in [-0.05, 0) is 19.1 Å². The molecule has 3 heterocycles. The van der Waals surface area contributed by atoms with Crippen LogP contribution < -0.4 is 9.47 Å². The van der Waals surface area contributed by atoms with Crippen LogP contribution in [0.15, 0.2) is 24.4 Å². The summed E-state index contributed by atoms with van der Waals surface area (Å²) in [5.41, 5.74) is 3.55. The lowest BCUT2D eigenvalue weighted by atomic mass is 10.1. The van der Waals surface area contributed by atoms with E-state index in [1.165, 1.54) is 0 Å². The number of nitrogens with zero attached hydrogens (tertiary/aromatic N) is 3. The quantitative estimate of drug-likeness (QED) is 0.692. The van der Waals surface area contributed by atoms with Gasteiger partial charge in [0.25, 0.3) is 0 Å². The van der Waals surface area contributed by atoms with E-state index >= 15 is 0 Å². The Kier molecular flexibility index (Phi) is 3.66. The molecular weight excluding hydrogens is 302 g/mol. The third kappa shape index (κ3) is 2.27. The Morgan fingerprint density at radius 1 is 1.14 bits per heavy atom. The number of ether oxygens (including phenoxy) is 2. The van der Waals surface area contributed by atoms with Gasteiger partial charge in [-0.3, -0.25) is 0 Å². The summed E-state index contributed by atoms with van der Waals surface area (Å²) in [7, 11) is 5.20. The first-order chi connectivity index (χ1) is 10.5. The highest BCUT2D eigenvalue weighted by Crippen LogP contribution is 2.39. The van der Waals surface area contributed by atoms with Crippen LogP contribution in [0.25, 0.3) is 22.2 Å². The lowest BCUT2D eigenvalue weighted by molar-refractivity contribution is 0.383. The van der Waals surface area contributed by atoms with Crippen molar-refractivity contribution < 1.29 is 9.47 Å². The minimum Gasteiger partial charge on any atom is -0.496 e. The molecule has 0 aliphatic rings. The first kappa shape index (κ1) is 14.7. The van der Waals surface area contributed by atoms with Crippen LogP contribution in [-0.4, -0.2) is 28.8 Å². The highest BCUT2D eigenvalue weighted by molar-refractivity contribution is 6.30. The number of pyridine rings is 2. The van der Waals surface area contributed by atoms with Gasteiger partial charge in [-0.2, -0.15) is 0 Å². The van der Waals surface area contributed by atoms with E-state index in [0.29, 0.717) is 16.8 Å². The van der Waals surface area contributed by atoms with Crippen LogP contribution in [0.2, 0.25) is 5.15 Å². The highest BCUT2D eigenvalue weighted by Gasteiger charge is 2.19. The summed E-state index contributed by atoms with van der Waals surface area (Å²) in [6.45, 7) is 1.90. The molecular formula is C16H16ClN3O2. The summed E-state index contributed by atoms with van der Waals surface area (Å²) >= 11 is 5.98. The van der Waals surface area contributed by atoms with E-state index in [0.717, 1.165) is 27.9 Å². The number of fused-ring (bicyclic) bond motifs is 1. The number of hydrogen-bond donors (Lipinski definition) is 0. The zero-order valence-corrected chi connectivity index (χ0v) is 13.6. The van der Waals surface area contributed by atoms with Crippen LogP contribution in [0.4, 0.5) is 0 Å². The molecule has 0 bridgehead atoms. The summed E-state index contributed by atoms with van der Waals surface area (Å²) in [4.78, 5) is 8.59. The highest BCUT2D eigenvalue weighted by atomic mass is 35.5. The Morgan fingerprint density at radius 2 is 1.91 bits per heavy atom. The maximum Gasteiger partial charge on any atom is 0.226 e. The first-order valence-electron chi connectivity index (χ1n) is 6.76. The predicted octanol–water partition coefficient (Wildman–Crippen LogP) is 3.61. The largest absolute Gasteiger partial charge is 0.496 e. The number of rotatable bonds is 3. The van der Waals surface area contributed by atoms with Gasteiger partial charge in [-0.25, -0.2) is 9.97 Å². The number of aromatic nitrogens is 3. The Morgan fingerprint density at radius 3 is 2.59 bits per heavy atom. The Hall–Kier alpha value is -2.27. The van der Waals surface area contributed by atoms with Crippen LogP contribution in [0, 0.1) is 6.92 Å². The predicted molar refractivity (Wildman–Crippen MR) is 86.8 cm³/mol. The molecule has 22 heavy (non-hydrogen) atoms. The van der Waals surface area contributed by atoms with E-state index in [2.05, 4.69) is 9.97 Å². The molecule has 3 aromatic heterocycles. The second-order valence-corrected chi connectivity index (χ2v) is 5.39. The molecule has 0 radical (unpaired) electrons. The average Bonchev–Trinajstić information content (AvgIpc) is 2.82. The normalized spacial score (nSPS) is 11.0. The van der Waals surface area contributed by atoms with E-state index in [4.69, 9.17) is 21.1 Å². The summed E-state index contributed by atoms with van der Waals surface area (Å²) in [6, 6.07) is 5.75. The second-order valence-electron chi connectivity index (χ2n) is 5.00. The Balaban J connectivity index is 2.34. The van der Waals surface area contributed by atoms with Crippen LogP contribution >= 0.6 is 11.6 Å². The van der Waals surface area contributed by atoms with E-state index < -0.39 is 0 Å². The van der Waals surface area contributed by atoms with Gasteiger partial charge in [-0.1, -0.05) is 11.6 Å². The topological polar surface area (TPSA) is 49.2 Å². The molecule has 0 unspecified atom stereocenters. The molecule has 0 aromatic carbocycles. The zero-order valence-electron chi connectivity index (χ0n) is 12.8. The summed E-state index contributed by atoms with van der Waals surface area (Å²) in [5.74, 6) is 1.25. The molecule has 0 aliphatic carbocycles. The van der Waals surface area contributed by atoms with Gasteiger partial charge in [0.05, 0.1) is 31.6 Å². The number of halogens is 1. The fourth-order valence-corrected chi connectivity index (χ4v) is 2.77. The van der Waals surface area contributed by atoms with Crippen molar-refractivity contribution in [2.24, 2.45) is 7.05 Å². The van der Waals surface area contributed by atoms with Crippen molar-refractivity contribution in [1.82, 2.24) is 14.5 Å². The van der Waals surface area contributed by atoms with Crippen molar-refractivity contribution in [1.29, 1.82) is 0 Å². The van der Waals surface area contributed by atoms with Gasteiger partial charge in [0.2, 0.25) is 5.88 Å². The van der Waals surface area contributed by atoms with Crippen molar-refractivity contribution in [2.45, 2.75) is 6.92 Å². The lowest BCUT2D eigenvalue weighted by Gasteiger charge is -2.14. The van der Waals surface area contributed by atoms with Crippen molar-refractivity contribution in [3.05, 3.63) is 35.2 Å². The summed E-state index contributed by atoms with van der Waals surface area (Å²) in [5, 5.41) is 1.47. The molecule has 0 amide bonds. The molecule has 5 nitrogen and oxygen atoms in total. The van der Waals surface area contributed by atoms with Gasteiger partial charge in [0, 0.05) is 24.2 Å². The van der Waals surface area contributed by atoms with E-state index in [1.807, 2.05) is 36.7 Å². The average molecular weight is 318 g/mol. The van der Waals surface area contributed by atoms with Crippen LogP contribution in [0.1, 0.15) is 5.69 Å². The number of methoxy groups -OCH3 is 2. The fourth-order valence-electron chi connectivity index (χ4n) is 2.61. The van der Waals surface area contributed by atoms with Gasteiger partial charge in [0.1, 0.15) is 16.5 Å². The molecule has 114 valence electrons. The summed E-state index contributed by atoms with van der Waals surface area (Å²) < 4.78 is 13.0. The molecule has 0 spiro atoms. The van der Waals surface area contributed by atoms with Crippen LogP contribution in [0.5, 0.6) is 11.6 Å². The third-order valence-electron chi connectivity index (χ3n) is 3.64. The van der Waals surface area contributed by atoms with Gasteiger partial charge < -0.3 is 14.0 Å². The van der Waals surface area contributed by atoms with E-state index in [-0.39, 0.29) is 0 Å². The van der Waals surface area contributed by atoms with Crippen LogP contribution in [-0.2, 0) is 7.05 Å². The van der Waals surface area contributed by atoms with Crippen molar-refractivity contribution in [3.63, 3.8) is 0 Å². The fraction of sp³-hybridized carbons (Fsp3) is 0.250. The standard InChI is InChI=1S/C16H16ClN3O2/c1-9-5-13(21-3)15(16(19-9)22-4)11-6-10-7-14(17)18-8-12(10)20(11)2/h5-8H,1-4H3. The van der Waals surface area contributed by atoms with Crippen molar-refractivity contribution in [2.75, 3.05) is 14.2 Å². The summed E-state index contributed by atoms with van der Waals surface area (Å²) in [6.07, 6.45) is 1.75. The minimum absolute atomic E-state index is 0.464. The lowest BCUT2D eigenvalue weighted by Crippen LogP contribution is -2.00. The molecule has 0 atom stereocenters. The molecule has 6 heteroatoms. The first-order valence-corrected chi connectivity index (χ1v) is 7.14. The number of hydrogen-bond acceptors (Lipinski definition) is 4. The third-order valence-corrected chi connectivity index (χ3v) is 3.85. The molecule has 3 rings (SSSR count). The molecule has 3 aromatic rings. The van der Waals surface area contributed by atoms with Gasteiger partial charge >= 0.3 is 0 Å². The Bertz CT molecular complexity index is 833. The van der Waals surface area contributed by atoms with Crippen molar-refractivity contribution >= 4 is 22.5 Å². The van der Waals surface area contributed by atoms with Crippen LogP contribution in [0.3, 0.4) is 0 Å². The molecule has 0 saturated heterocycles. The van der Waals surface area contributed by atoms with Gasteiger partial charge in [-0.15, -0.1) is 0 Å².